The van der Waals surface area contributed by atoms with Gasteiger partial charge in [-0.15, -0.1) is 0 Å². The van der Waals surface area contributed by atoms with E-state index < -0.39 is 46.2 Å². The minimum absolute atomic E-state index is 0.0290. The molecule has 2 aromatic heterocycles. The minimum atomic E-state index is -1.71. The fraction of sp³-hybridized carbons (Fsp3) is 0.333. The maximum Gasteiger partial charge on any atom is 0.338 e. The minimum Gasteiger partial charge on any atom is -0.503 e. The zero-order valence-corrected chi connectivity index (χ0v) is 22.1. The standard InChI is InChI=1S/C27H28F3N5O4/c1-15(2)35-18(10-11-31-35)14-34(13-16-6-8-17(9-7-16)25(37)38-27(3,4)5)26-32-24(39-33-26)19-12-20(28)22(30)23(36)21(19)29/h6-12,15,36H,13-14H2,1-5H3. The highest BCUT2D eigenvalue weighted by molar-refractivity contribution is 5.89. The van der Waals surface area contributed by atoms with E-state index in [0.29, 0.717) is 11.6 Å². The van der Waals surface area contributed by atoms with Crippen LogP contribution < -0.4 is 4.90 Å². The van der Waals surface area contributed by atoms with Crippen molar-refractivity contribution in [1.82, 2.24) is 19.9 Å². The molecule has 4 aromatic rings. The molecule has 12 heteroatoms. The van der Waals surface area contributed by atoms with E-state index in [2.05, 4.69) is 15.2 Å². The van der Waals surface area contributed by atoms with Gasteiger partial charge in [-0.25, -0.2) is 13.6 Å². The maximum absolute atomic E-state index is 14.5. The third-order valence-corrected chi connectivity index (χ3v) is 5.62. The summed E-state index contributed by atoms with van der Waals surface area (Å²) in [6, 6.07) is 9.20. The lowest BCUT2D eigenvalue weighted by molar-refractivity contribution is 0.00694. The number of anilines is 1. The van der Waals surface area contributed by atoms with Gasteiger partial charge in [-0.3, -0.25) is 4.68 Å². The second kappa shape index (κ2) is 10.8. The van der Waals surface area contributed by atoms with Crippen LogP contribution in [0.15, 0.2) is 47.1 Å². The molecule has 2 heterocycles. The highest BCUT2D eigenvalue weighted by atomic mass is 19.2. The van der Waals surface area contributed by atoms with Crippen LogP contribution in [-0.2, 0) is 17.8 Å². The summed E-state index contributed by atoms with van der Waals surface area (Å²) in [7, 11) is 0. The molecule has 0 aliphatic rings. The van der Waals surface area contributed by atoms with Gasteiger partial charge in [0.15, 0.2) is 17.4 Å². The predicted molar refractivity (Wildman–Crippen MR) is 135 cm³/mol. The van der Waals surface area contributed by atoms with E-state index >= 15 is 0 Å². The van der Waals surface area contributed by atoms with Crippen molar-refractivity contribution in [3.05, 3.63) is 76.9 Å². The number of phenolic OH excluding ortho intramolecular Hbond substituents is 1. The number of nitrogens with zero attached hydrogens (tertiary/aromatic N) is 5. The summed E-state index contributed by atoms with van der Waals surface area (Å²) in [5.74, 6) is -6.95. The molecule has 9 nitrogen and oxygen atoms in total. The Bertz CT molecular complexity index is 1480. The van der Waals surface area contributed by atoms with Crippen molar-refractivity contribution < 1.29 is 32.3 Å². The fourth-order valence-corrected chi connectivity index (χ4v) is 3.83. The summed E-state index contributed by atoms with van der Waals surface area (Å²) in [5, 5.41) is 17.9. The van der Waals surface area contributed by atoms with Crippen LogP contribution in [0.2, 0.25) is 0 Å². The maximum atomic E-state index is 14.5. The second-order valence-corrected chi connectivity index (χ2v) is 10.2. The zero-order chi connectivity index (χ0) is 28.5. The number of esters is 1. The van der Waals surface area contributed by atoms with Crippen LogP contribution in [0, 0.1) is 17.5 Å². The van der Waals surface area contributed by atoms with Crippen molar-refractivity contribution in [3.63, 3.8) is 0 Å². The Morgan fingerprint density at radius 3 is 2.44 bits per heavy atom. The first-order valence-corrected chi connectivity index (χ1v) is 12.1. The second-order valence-electron chi connectivity index (χ2n) is 10.2. The van der Waals surface area contributed by atoms with Gasteiger partial charge in [-0.2, -0.15) is 14.5 Å². The molecule has 0 aliphatic heterocycles. The molecule has 0 unspecified atom stereocenters. The molecule has 0 saturated heterocycles. The summed E-state index contributed by atoms with van der Waals surface area (Å²) in [6.45, 7) is 9.80. The molecule has 1 N–H and O–H groups in total. The van der Waals surface area contributed by atoms with Crippen molar-refractivity contribution in [1.29, 1.82) is 0 Å². The van der Waals surface area contributed by atoms with Gasteiger partial charge in [-0.1, -0.05) is 12.1 Å². The quantitative estimate of drug-likeness (QED) is 0.220. The number of hydrogen-bond donors (Lipinski definition) is 1. The van der Waals surface area contributed by atoms with Crippen molar-refractivity contribution in [3.8, 4) is 17.2 Å². The normalized spacial score (nSPS) is 11.7. The summed E-state index contributed by atoms with van der Waals surface area (Å²) in [4.78, 5) is 18.3. The molecule has 2 aromatic carbocycles. The lowest BCUT2D eigenvalue weighted by Gasteiger charge is -2.22. The highest BCUT2D eigenvalue weighted by Crippen LogP contribution is 2.33. The summed E-state index contributed by atoms with van der Waals surface area (Å²) < 4.78 is 54.3. The fourth-order valence-electron chi connectivity index (χ4n) is 3.83. The van der Waals surface area contributed by atoms with Gasteiger partial charge in [0.25, 0.3) is 11.8 Å². The SMILES string of the molecule is CC(C)n1nccc1CN(Cc1ccc(C(=O)OC(C)(C)C)cc1)c1noc(-c2cc(F)c(F)c(O)c2F)n1. The van der Waals surface area contributed by atoms with Crippen LogP contribution in [0.4, 0.5) is 19.1 Å². The molecule has 0 bridgehead atoms. The number of phenols is 1. The van der Waals surface area contributed by atoms with Crippen molar-refractivity contribution in [2.75, 3.05) is 4.90 Å². The van der Waals surface area contributed by atoms with E-state index in [1.807, 2.05) is 24.6 Å². The number of aromatic hydroxyl groups is 1. The van der Waals surface area contributed by atoms with Gasteiger partial charge in [-0.05, 0) is 69.6 Å². The van der Waals surface area contributed by atoms with Crippen molar-refractivity contribution in [2.24, 2.45) is 0 Å². The molecule has 0 saturated carbocycles. The number of halogens is 3. The number of ether oxygens (including phenoxy) is 1. The molecule has 0 atom stereocenters. The predicted octanol–water partition coefficient (Wildman–Crippen LogP) is 5.80. The molecule has 0 aliphatic carbocycles. The summed E-state index contributed by atoms with van der Waals surface area (Å²) in [6.07, 6.45) is 1.66. The largest absolute Gasteiger partial charge is 0.503 e. The molecule has 206 valence electrons. The third-order valence-electron chi connectivity index (χ3n) is 5.62. The highest BCUT2D eigenvalue weighted by Gasteiger charge is 2.25. The number of rotatable bonds is 8. The molecule has 0 radical (unpaired) electrons. The van der Waals surface area contributed by atoms with Gasteiger partial charge in [0.2, 0.25) is 5.82 Å². The van der Waals surface area contributed by atoms with Crippen LogP contribution >= 0.6 is 0 Å². The monoisotopic (exact) mass is 543 g/mol. The van der Waals surface area contributed by atoms with E-state index in [0.717, 1.165) is 11.3 Å². The molecule has 39 heavy (non-hydrogen) atoms. The molecular weight excluding hydrogens is 515 g/mol. The van der Waals surface area contributed by atoms with E-state index in [-0.39, 0.29) is 25.1 Å². The van der Waals surface area contributed by atoms with Crippen LogP contribution in [0.1, 0.15) is 62.3 Å². The number of hydrogen-bond acceptors (Lipinski definition) is 8. The lowest BCUT2D eigenvalue weighted by atomic mass is 10.1. The Kier molecular flexibility index (Phi) is 7.66. The third kappa shape index (κ3) is 6.21. The Balaban J connectivity index is 1.66. The Morgan fingerprint density at radius 2 is 1.79 bits per heavy atom. The molecule has 0 spiro atoms. The topological polar surface area (TPSA) is 107 Å². The first-order chi connectivity index (χ1) is 18.3. The molecule has 0 amide bonds. The molecular formula is C27H28F3N5O4. The average molecular weight is 544 g/mol. The first kappa shape index (κ1) is 27.7. The Hall–Kier alpha value is -4.35. The van der Waals surface area contributed by atoms with Gasteiger partial charge in [0.1, 0.15) is 5.60 Å². The zero-order valence-electron chi connectivity index (χ0n) is 22.1. The van der Waals surface area contributed by atoms with Gasteiger partial charge < -0.3 is 19.3 Å². The van der Waals surface area contributed by atoms with Crippen LogP contribution in [-0.4, -0.2) is 36.6 Å². The van der Waals surface area contributed by atoms with Crippen LogP contribution in [0.3, 0.4) is 0 Å². The number of carbonyl (C=O) groups is 1. The molecule has 0 fully saturated rings. The number of carbonyl (C=O) groups excluding carboxylic acids is 1. The number of aromatic nitrogens is 4. The molecule has 4 rings (SSSR count). The number of benzene rings is 2. The van der Waals surface area contributed by atoms with Gasteiger partial charge in [0.05, 0.1) is 23.4 Å². The Morgan fingerprint density at radius 1 is 1.10 bits per heavy atom. The van der Waals surface area contributed by atoms with E-state index in [1.165, 1.54) is 0 Å². The van der Waals surface area contributed by atoms with Gasteiger partial charge >= 0.3 is 5.97 Å². The van der Waals surface area contributed by atoms with Crippen LogP contribution in [0.25, 0.3) is 11.5 Å². The van der Waals surface area contributed by atoms with Crippen molar-refractivity contribution >= 4 is 11.9 Å². The average Bonchev–Trinajstić information content (AvgIpc) is 3.54. The van der Waals surface area contributed by atoms with E-state index in [1.54, 1.807) is 56.1 Å². The summed E-state index contributed by atoms with van der Waals surface area (Å²) in [5.41, 5.74) is 0.762. The van der Waals surface area contributed by atoms with Gasteiger partial charge in [0, 0.05) is 18.8 Å². The van der Waals surface area contributed by atoms with E-state index in [4.69, 9.17) is 9.26 Å². The lowest BCUT2D eigenvalue weighted by Crippen LogP contribution is -2.26. The Labute approximate surface area is 222 Å². The van der Waals surface area contributed by atoms with E-state index in [9.17, 15) is 23.1 Å². The first-order valence-electron chi connectivity index (χ1n) is 12.1. The van der Waals surface area contributed by atoms with Crippen molar-refractivity contribution in [2.45, 2.75) is 59.4 Å². The smallest absolute Gasteiger partial charge is 0.338 e. The summed E-state index contributed by atoms with van der Waals surface area (Å²) >= 11 is 0. The van der Waals surface area contributed by atoms with Crippen LogP contribution in [0.5, 0.6) is 5.75 Å².